The number of rotatable bonds is 4. The summed E-state index contributed by atoms with van der Waals surface area (Å²) in [6, 6.07) is 19.5. The van der Waals surface area contributed by atoms with Crippen LogP contribution < -0.4 is 10.9 Å². The Hall–Kier alpha value is -4.26. The largest absolute Gasteiger partial charge is 0.344 e. The van der Waals surface area contributed by atoms with Crippen molar-refractivity contribution in [1.29, 1.82) is 0 Å². The second-order valence-electron chi connectivity index (χ2n) is 8.07. The fourth-order valence-electron chi connectivity index (χ4n) is 4.04. The van der Waals surface area contributed by atoms with Crippen LogP contribution in [0.4, 0.5) is 4.39 Å². The van der Waals surface area contributed by atoms with Crippen molar-refractivity contribution in [3.05, 3.63) is 106 Å². The minimum absolute atomic E-state index is 0.171. The molecular weight excluding hydrogens is 419 g/mol. The number of fused-ring (bicyclic) bond motifs is 2. The zero-order valence-electron chi connectivity index (χ0n) is 18.1. The first-order valence-electron chi connectivity index (χ1n) is 10.6. The average Bonchev–Trinajstić information content (AvgIpc) is 3.16. The molecule has 164 valence electrons. The fourth-order valence-corrected chi connectivity index (χ4v) is 4.04. The molecule has 0 fully saturated rings. The van der Waals surface area contributed by atoms with Gasteiger partial charge in [0, 0.05) is 11.1 Å². The van der Waals surface area contributed by atoms with Crippen molar-refractivity contribution < 1.29 is 9.18 Å². The Bertz CT molecular complexity index is 1570. The minimum Gasteiger partial charge on any atom is -0.344 e. The molecule has 33 heavy (non-hydrogen) atoms. The molecule has 5 rings (SSSR count). The standard InChI is InChI=1S/C26H21FN4O2/c1-15-23(25(32)28-16(2)17-9-11-21(27)12-10-17)30-31-14-22(29-26(33)24(15)31)20-8-7-18-5-3-4-6-19(18)13-20/h3-14,16H,1-2H3,(H,28,32)(H,29,33)/t16-/m1/s1. The van der Waals surface area contributed by atoms with E-state index >= 15 is 0 Å². The maximum Gasteiger partial charge on any atom is 0.274 e. The molecule has 6 nitrogen and oxygen atoms in total. The van der Waals surface area contributed by atoms with Gasteiger partial charge in [0.15, 0.2) is 5.69 Å². The summed E-state index contributed by atoms with van der Waals surface area (Å²) in [6.07, 6.45) is 1.72. The van der Waals surface area contributed by atoms with Crippen LogP contribution in [0.5, 0.6) is 0 Å². The number of aromatic amines is 1. The van der Waals surface area contributed by atoms with Crippen LogP contribution in [0.3, 0.4) is 0 Å². The van der Waals surface area contributed by atoms with Crippen molar-refractivity contribution >= 4 is 22.2 Å². The van der Waals surface area contributed by atoms with Crippen LogP contribution in [0.25, 0.3) is 27.5 Å². The monoisotopic (exact) mass is 440 g/mol. The first kappa shape index (κ1) is 20.6. The number of nitrogens with zero attached hydrogens (tertiary/aromatic N) is 2. The Morgan fingerprint density at radius 2 is 1.79 bits per heavy atom. The molecule has 0 unspecified atom stereocenters. The minimum atomic E-state index is -0.403. The molecule has 0 aliphatic heterocycles. The summed E-state index contributed by atoms with van der Waals surface area (Å²) < 4.78 is 14.6. The van der Waals surface area contributed by atoms with E-state index in [0.29, 0.717) is 16.8 Å². The van der Waals surface area contributed by atoms with Crippen LogP contribution in [0.2, 0.25) is 0 Å². The SMILES string of the molecule is Cc1c(C(=O)N[C@H](C)c2ccc(F)cc2)nn2cc(-c3ccc4ccccc4c3)[nH]c(=O)c12. The van der Waals surface area contributed by atoms with Gasteiger partial charge >= 0.3 is 0 Å². The van der Waals surface area contributed by atoms with Gasteiger partial charge in [0.1, 0.15) is 11.3 Å². The second-order valence-corrected chi connectivity index (χ2v) is 8.07. The van der Waals surface area contributed by atoms with Crippen molar-refractivity contribution in [1.82, 2.24) is 19.9 Å². The summed E-state index contributed by atoms with van der Waals surface area (Å²) in [4.78, 5) is 28.7. The van der Waals surface area contributed by atoms with Crippen LogP contribution in [-0.2, 0) is 0 Å². The number of nitrogens with one attached hydrogen (secondary N) is 2. The highest BCUT2D eigenvalue weighted by atomic mass is 19.1. The third-order valence-corrected chi connectivity index (χ3v) is 5.86. The summed E-state index contributed by atoms with van der Waals surface area (Å²) in [5, 5.41) is 9.44. The Kier molecular flexibility index (Phi) is 5.01. The number of benzene rings is 3. The molecule has 1 amide bonds. The van der Waals surface area contributed by atoms with Gasteiger partial charge in [-0.3, -0.25) is 9.59 Å². The molecular formula is C26H21FN4O2. The molecule has 0 aliphatic carbocycles. The number of halogens is 1. The van der Waals surface area contributed by atoms with Gasteiger partial charge in [-0.2, -0.15) is 5.10 Å². The van der Waals surface area contributed by atoms with E-state index < -0.39 is 5.91 Å². The highest BCUT2D eigenvalue weighted by molar-refractivity contribution is 5.96. The van der Waals surface area contributed by atoms with E-state index in [1.165, 1.54) is 16.6 Å². The zero-order chi connectivity index (χ0) is 23.1. The highest BCUT2D eigenvalue weighted by Gasteiger charge is 2.21. The van der Waals surface area contributed by atoms with Crippen molar-refractivity contribution in [2.75, 3.05) is 0 Å². The quantitative estimate of drug-likeness (QED) is 0.422. The van der Waals surface area contributed by atoms with E-state index in [1.54, 1.807) is 32.2 Å². The number of hydrogen-bond acceptors (Lipinski definition) is 3. The topological polar surface area (TPSA) is 79.3 Å². The van der Waals surface area contributed by atoms with Crippen LogP contribution in [0.15, 0.2) is 77.7 Å². The first-order chi connectivity index (χ1) is 15.9. The van der Waals surface area contributed by atoms with Crippen LogP contribution in [0.1, 0.15) is 34.6 Å². The number of aryl methyl sites for hydroxylation is 1. The third-order valence-electron chi connectivity index (χ3n) is 5.86. The number of carbonyl (C=O) groups excluding carboxylic acids is 1. The Balaban J connectivity index is 1.50. The van der Waals surface area contributed by atoms with Gasteiger partial charge in [0.2, 0.25) is 0 Å². The summed E-state index contributed by atoms with van der Waals surface area (Å²) >= 11 is 0. The van der Waals surface area contributed by atoms with Gasteiger partial charge < -0.3 is 10.3 Å². The van der Waals surface area contributed by atoms with Gasteiger partial charge in [0.05, 0.1) is 17.9 Å². The number of amides is 1. The number of hydrogen-bond donors (Lipinski definition) is 2. The molecule has 2 heterocycles. The average molecular weight is 440 g/mol. The second kappa shape index (κ2) is 8.02. The smallest absolute Gasteiger partial charge is 0.274 e. The summed E-state index contributed by atoms with van der Waals surface area (Å²) in [6.45, 7) is 3.51. The van der Waals surface area contributed by atoms with Crippen molar-refractivity contribution in [2.45, 2.75) is 19.9 Å². The predicted molar refractivity (Wildman–Crippen MR) is 126 cm³/mol. The molecule has 2 aromatic heterocycles. The van der Waals surface area contributed by atoms with E-state index in [4.69, 9.17) is 0 Å². The zero-order valence-corrected chi connectivity index (χ0v) is 18.1. The lowest BCUT2D eigenvalue weighted by Crippen LogP contribution is -2.27. The third kappa shape index (κ3) is 3.78. The maximum absolute atomic E-state index is 13.2. The van der Waals surface area contributed by atoms with Crippen LogP contribution in [0, 0.1) is 12.7 Å². The summed E-state index contributed by atoms with van der Waals surface area (Å²) in [5.41, 5.74) is 2.87. The number of aromatic nitrogens is 3. The highest BCUT2D eigenvalue weighted by Crippen LogP contribution is 2.23. The normalized spacial score (nSPS) is 12.2. The van der Waals surface area contributed by atoms with E-state index in [-0.39, 0.29) is 23.1 Å². The lowest BCUT2D eigenvalue weighted by molar-refractivity contribution is 0.0934. The van der Waals surface area contributed by atoms with Crippen molar-refractivity contribution in [2.24, 2.45) is 0 Å². The molecule has 1 atom stereocenters. The van der Waals surface area contributed by atoms with Gasteiger partial charge in [-0.1, -0.05) is 48.5 Å². The first-order valence-corrected chi connectivity index (χ1v) is 10.6. The van der Waals surface area contributed by atoms with E-state index in [9.17, 15) is 14.0 Å². The van der Waals surface area contributed by atoms with Crippen molar-refractivity contribution in [3.63, 3.8) is 0 Å². The van der Waals surface area contributed by atoms with E-state index in [1.807, 2.05) is 42.5 Å². The Labute approximate surface area is 188 Å². The molecule has 7 heteroatoms. The number of carbonyl (C=O) groups is 1. The Morgan fingerprint density at radius 3 is 2.55 bits per heavy atom. The molecule has 2 N–H and O–H groups in total. The molecule has 0 spiro atoms. The number of H-pyrrole nitrogens is 1. The molecule has 0 saturated carbocycles. The van der Waals surface area contributed by atoms with Gasteiger partial charge in [-0.15, -0.1) is 0 Å². The van der Waals surface area contributed by atoms with Crippen molar-refractivity contribution in [3.8, 4) is 11.3 Å². The fraction of sp³-hybridized carbons (Fsp3) is 0.115. The van der Waals surface area contributed by atoms with E-state index in [0.717, 1.165) is 21.9 Å². The van der Waals surface area contributed by atoms with E-state index in [2.05, 4.69) is 15.4 Å². The predicted octanol–water partition coefficient (Wildman–Crippen LogP) is 4.78. The van der Waals surface area contributed by atoms with Crippen LogP contribution in [-0.4, -0.2) is 20.5 Å². The van der Waals surface area contributed by atoms with Gasteiger partial charge in [-0.25, -0.2) is 8.91 Å². The Morgan fingerprint density at radius 1 is 1.06 bits per heavy atom. The molecule has 0 radical (unpaired) electrons. The maximum atomic E-state index is 13.2. The van der Waals surface area contributed by atoms with Gasteiger partial charge in [0.25, 0.3) is 11.5 Å². The molecule has 5 aromatic rings. The molecule has 0 saturated heterocycles. The molecule has 0 aliphatic rings. The van der Waals surface area contributed by atoms with Crippen LogP contribution >= 0.6 is 0 Å². The summed E-state index contributed by atoms with van der Waals surface area (Å²) in [5.74, 6) is -0.741. The summed E-state index contributed by atoms with van der Waals surface area (Å²) in [7, 11) is 0. The molecule has 3 aromatic carbocycles. The van der Waals surface area contributed by atoms with Gasteiger partial charge in [-0.05, 0) is 48.4 Å². The molecule has 0 bridgehead atoms. The lowest BCUT2D eigenvalue weighted by atomic mass is 10.1. The lowest BCUT2D eigenvalue weighted by Gasteiger charge is -2.13.